The third-order valence-electron chi connectivity index (χ3n) is 4.29. The molecule has 0 aliphatic carbocycles. The van der Waals surface area contributed by atoms with Gasteiger partial charge in [0.25, 0.3) is 11.5 Å². The molecule has 0 saturated carbocycles. The minimum absolute atomic E-state index is 0.153. The second-order valence-electron chi connectivity index (χ2n) is 6.83. The summed E-state index contributed by atoms with van der Waals surface area (Å²) in [6, 6.07) is 5.02. The van der Waals surface area contributed by atoms with Gasteiger partial charge in [0.1, 0.15) is 17.5 Å². The number of furan rings is 1. The number of carbonyl (C=O) groups excluding carboxylic acids is 1. The van der Waals surface area contributed by atoms with Crippen LogP contribution in [0, 0.1) is 12.8 Å². The minimum Gasteiger partial charge on any atom is -0.493 e. The number of hydrogen-bond acceptors (Lipinski definition) is 6. The Morgan fingerprint density at radius 2 is 1.96 bits per heavy atom. The van der Waals surface area contributed by atoms with E-state index in [2.05, 4.69) is 10.3 Å². The molecule has 0 spiro atoms. The van der Waals surface area contributed by atoms with Gasteiger partial charge in [-0.15, -0.1) is 0 Å². The Kier molecular flexibility index (Phi) is 5.39. The van der Waals surface area contributed by atoms with Crippen LogP contribution in [-0.2, 0) is 6.54 Å². The zero-order valence-electron chi connectivity index (χ0n) is 16.5. The number of hydrogen-bond donors (Lipinski definition) is 1. The lowest BCUT2D eigenvalue weighted by atomic mass is 10.1. The molecular formula is C20H23N3O5. The van der Waals surface area contributed by atoms with E-state index in [0.717, 1.165) is 0 Å². The Morgan fingerprint density at radius 3 is 2.61 bits per heavy atom. The lowest BCUT2D eigenvalue weighted by molar-refractivity contribution is 0.102. The van der Waals surface area contributed by atoms with Gasteiger partial charge in [0.2, 0.25) is 5.71 Å². The summed E-state index contributed by atoms with van der Waals surface area (Å²) in [4.78, 5) is 30.0. The highest BCUT2D eigenvalue weighted by Crippen LogP contribution is 2.30. The molecule has 3 aromatic rings. The van der Waals surface area contributed by atoms with Crippen LogP contribution in [0.15, 0.2) is 33.7 Å². The predicted molar refractivity (Wildman–Crippen MR) is 105 cm³/mol. The third kappa shape index (κ3) is 3.58. The Balaban J connectivity index is 2.02. The van der Waals surface area contributed by atoms with Crippen LogP contribution in [0.5, 0.6) is 11.5 Å². The maximum atomic E-state index is 12.9. The van der Waals surface area contributed by atoms with Gasteiger partial charge in [0.15, 0.2) is 11.5 Å². The first-order valence-corrected chi connectivity index (χ1v) is 8.87. The largest absolute Gasteiger partial charge is 0.493 e. The summed E-state index contributed by atoms with van der Waals surface area (Å²) in [6.45, 7) is 6.14. The highest BCUT2D eigenvalue weighted by molar-refractivity contribution is 6.12. The molecule has 2 aromatic heterocycles. The van der Waals surface area contributed by atoms with Crippen LogP contribution in [0.25, 0.3) is 11.1 Å². The van der Waals surface area contributed by atoms with E-state index in [1.165, 1.54) is 25.1 Å². The van der Waals surface area contributed by atoms with Crippen LogP contribution in [0.2, 0.25) is 0 Å². The molecular weight excluding hydrogens is 362 g/mol. The molecule has 0 atom stereocenters. The number of aromatic nitrogens is 2. The van der Waals surface area contributed by atoms with Gasteiger partial charge in [-0.05, 0) is 25.0 Å². The second kappa shape index (κ2) is 7.75. The Morgan fingerprint density at radius 1 is 1.25 bits per heavy atom. The second-order valence-corrected chi connectivity index (χ2v) is 6.83. The van der Waals surface area contributed by atoms with Crippen molar-refractivity contribution in [3.05, 3.63) is 46.2 Å². The molecule has 28 heavy (non-hydrogen) atoms. The number of aryl methyl sites for hydroxylation is 1. The van der Waals surface area contributed by atoms with E-state index in [-0.39, 0.29) is 28.1 Å². The van der Waals surface area contributed by atoms with Gasteiger partial charge in [-0.25, -0.2) is 4.98 Å². The van der Waals surface area contributed by atoms with E-state index >= 15 is 0 Å². The summed E-state index contributed by atoms with van der Waals surface area (Å²) in [5.74, 6) is 1.17. The fourth-order valence-corrected chi connectivity index (χ4v) is 3.04. The van der Waals surface area contributed by atoms with Gasteiger partial charge in [0, 0.05) is 18.3 Å². The molecule has 148 valence electrons. The van der Waals surface area contributed by atoms with Gasteiger partial charge in [-0.3, -0.25) is 14.2 Å². The lowest BCUT2D eigenvalue weighted by Gasteiger charge is -2.11. The molecule has 0 fully saturated rings. The lowest BCUT2D eigenvalue weighted by Crippen LogP contribution is -2.24. The fraction of sp³-hybridized carbons (Fsp3) is 0.350. The molecule has 0 aliphatic rings. The number of fused-ring (bicyclic) bond motifs is 1. The van der Waals surface area contributed by atoms with E-state index in [1.807, 2.05) is 13.8 Å². The number of carbonyl (C=O) groups is 1. The average Bonchev–Trinajstić information content (AvgIpc) is 3.00. The molecule has 0 bridgehead atoms. The maximum absolute atomic E-state index is 12.9. The van der Waals surface area contributed by atoms with Crippen molar-refractivity contribution in [2.45, 2.75) is 27.3 Å². The smallest absolute Gasteiger partial charge is 0.265 e. The van der Waals surface area contributed by atoms with Crippen LogP contribution in [0.3, 0.4) is 0 Å². The zero-order chi connectivity index (χ0) is 20.4. The average molecular weight is 385 g/mol. The third-order valence-corrected chi connectivity index (χ3v) is 4.29. The van der Waals surface area contributed by atoms with Crippen molar-refractivity contribution < 1.29 is 18.7 Å². The minimum atomic E-state index is -0.454. The Labute approximate surface area is 162 Å². The van der Waals surface area contributed by atoms with E-state index in [0.29, 0.717) is 29.5 Å². The van der Waals surface area contributed by atoms with Crippen LogP contribution in [0.1, 0.15) is 30.0 Å². The first-order chi connectivity index (χ1) is 13.3. The van der Waals surface area contributed by atoms with E-state index in [1.54, 1.807) is 25.1 Å². The first-order valence-electron chi connectivity index (χ1n) is 8.87. The standard InChI is InChI=1S/C20H23N3O5/c1-11(2)9-23-10-21-19-17(20(23)25)16(12(3)28-19)18(24)22-13-6-7-14(26-4)15(8-13)27-5/h6-8,10-11H,9H2,1-5H3,(H,22,24). The number of methoxy groups -OCH3 is 2. The van der Waals surface area contributed by atoms with Gasteiger partial charge >= 0.3 is 0 Å². The number of ether oxygens (including phenoxy) is 2. The topological polar surface area (TPSA) is 95.6 Å². The SMILES string of the molecule is COc1ccc(NC(=O)c2c(C)oc3ncn(CC(C)C)c(=O)c23)cc1OC. The fourth-order valence-electron chi connectivity index (χ4n) is 3.04. The van der Waals surface area contributed by atoms with Gasteiger partial charge in [-0.2, -0.15) is 0 Å². The molecule has 0 aliphatic heterocycles. The molecule has 0 radical (unpaired) electrons. The molecule has 0 unspecified atom stereocenters. The number of anilines is 1. The summed E-state index contributed by atoms with van der Waals surface area (Å²) >= 11 is 0. The summed E-state index contributed by atoms with van der Waals surface area (Å²) in [7, 11) is 3.05. The monoisotopic (exact) mass is 385 g/mol. The summed E-state index contributed by atoms with van der Waals surface area (Å²) in [5.41, 5.74) is 0.538. The number of amides is 1. The van der Waals surface area contributed by atoms with Gasteiger partial charge in [-0.1, -0.05) is 13.8 Å². The summed E-state index contributed by atoms with van der Waals surface area (Å²) in [5, 5.41) is 2.96. The summed E-state index contributed by atoms with van der Waals surface area (Å²) < 4.78 is 17.5. The van der Waals surface area contributed by atoms with Gasteiger partial charge < -0.3 is 19.2 Å². The highest BCUT2D eigenvalue weighted by atomic mass is 16.5. The highest BCUT2D eigenvalue weighted by Gasteiger charge is 2.23. The predicted octanol–water partition coefficient (Wildman–Crippen LogP) is 3.22. The normalized spacial score (nSPS) is 11.1. The zero-order valence-corrected chi connectivity index (χ0v) is 16.5. The van der Waals surface area contributed by atoms with Crippen LogP contribution < -0.4 is 20.3 Å². The molecule has 1 aromatic carbocycles. The molecule has 8 nitrogen and oxygen atoms in total. The van der Waals surface area contributed by atoms with Crippen LogP contribution in [0.4, 0.5) is 5.69 Å². The van der Waals surface area contributed by atoms with Crippen molar-refractivity contribution in [2.75, 3.05) is 19.5 Å². The van der Waals surface area contributed by atoms with Crippen molar-refractivity contribution in [3.63, 3.8) is 0 Å². The van der Waals surface area contributed by atoms with Crippen molar-refractivity contribution >= 4 is 22.7 Å². The number of nitrogens with zero attached hydrogens (tertiary/aromatic N) is 2. The van der Waals surface area contributed by atoms with Crippen molar-refractivity contribution in [3.8, 4) is 11.5 Å². The quantitative estimate of drug-likeness (QED) is 0.700. The van der Waals surface area contributed by atoms with Crippen LogP contribution in [-0.4, -0.2) is 29.7 Å². The van der Waals surface area contributed by atoms with Gasteiger partial charge in [0.05, 0.1) is 19.8 Å². The summed E-state index contributed by atoms with van der Waals surface area (Å²) in [6.07, 6.45) is 1.45. The number of rotatable bonds is 6. The van der Waals surface area contributed by atoms with E-state index < -0.39 is 5.91 Å². The van der Waals surface area contributed by atoms with Crippen LogP contribution >= 0.6 is 0 Å². The van der Waals surface area contributed by atoms with E-state index in [9.17, 15) is 9.59 Å². The Hall–Kier alpha value is -3.29. The Bertz CT molecular complexity index is 1080. The molecule has 0 saturated heterocycles. The first kappa shape index (κ1) is 19.5. The van der Waals surface area contributed by atoms with Crippen molar-refractivity contribution in [1.29, 1.82) is 0 Å². The number of benzene rings is 1. The molecule has 2 heterocycles. The maximum Gasteiger partial charge on any atom is 0.265 e. The van der Waals surface area contributed by atoms with E-state index in [4.69, 9.17) is 13.9 Å². The van der Waals surface area contributed by atoms with Crippen molar-refractivity contribution in [1.82, 2.24) is 9.55 Å². The molecule has 3 rings (SSSR count). The molecule has 1 amide bonds. The molecule has 1 N–H and O–H groups in total. The van der Waals surface area contributed by atoms with Crippen molar-refractivity contribution in [2.24, 2.45) is 5.92 Å². The number of nitrogens with one attached hydrogen (secondary N) is 1. The molecule has 8 heteroatoms.